The smallest absolute Gasteiger partial charge is 0.120 e. The van der Waals surface area contributed by atoms with Gasteiger partial charge in [-0.25, -0.2) is 0 Å². The highest BCUT2D eigenvalue weighted by molar-refractivity contribution is 9.10. The van der Waals surface area contributed by atoms with Gasteiger partial charge in [0.25, 0.3) is 0 Å². The van der Waals surface area contributed by atoms with E-state index >= 15 is 0 Å². The summed E-state index contributed by atoms with van der Waals surface area (Å²) in [5.41, 5.74) is 1.37. The van der Waals surface area contributed by atoms with E-state index in [1.807, 2.05) is 11.8 Å². The van der Waals surface area contributed by atoms with Gasteiger partial charge < -0.3 is 9.64 Å². The Morgan fingerprint density at radius 1 is 1.23 bits per heavy atom. The van der Waals surface area contributed by atoms with Gasteiger partial charge in [-0.3, -0.25) is 0 Å². The van der Waals surface area contributed by atoms with Crippen molar-refractivity contribution in [2.24, 2.45) is 0 Å². The lowest BCUT2D eigenvalue weighted by Crippen LogP contribution is -2.43. The van der Waals surface area contributed by atoms with Gasteiger partial charge in [0.1, 0.15) is 11.9 Å². The van der Waals surface area contributed by atoms with E-state index in [2.05, 4.69) is 57.6 Å². The van der Waals surface area contributed by atoms with Crippen molar-refractivity contribution in [2.75, 3.05) is 12.8 Å². The molecule has 2 fully saturated rings. The van der Waals surface area contributed by atoms with Crippen LogP contribution in [0.25, 0.3) is 0 Å². The van der Waals surface area contributed by atoms with E-state index in [4.69, 9.17) is 4.74 Å². The number of nitrogens with zero attached hydrogens (tertiary/aromatic N) is 1. The van der Waals surface area contributed by atoms with Gasteiger partial charge in [-0.05, 0) is 55.8 Å². The topological polar surface area (TPSA) is 12.5 Å². The zero-order valence-electron chi connectivity index (χ0n) is 12.9. The van der Waals surface area contributed by atoms with Crippen LogP contribution in [0.2, 0.25) is 0 Å². The number of thioether (sulfide) groups is 1. The SMILES string of the molecule is CN1[C@@H]2CC[C@H]1CC(Oc1ccc(C3C=CSC3)c(Br)c1)C2. The molecule has 0 amide bonds. The van der Waals surface area contributed by atoms with Crippen LogP contribution in [-0.4, -0.2) is 35.9 Å². The lowest BCUT2D eigenvalue weighted by Gasteiger charge is -2.36. The first kappa shape index (κ1) is 15.1. The fourth-order valence-corrected chi connectivity index (χ4v) is 5.65. The predicted octanol–water partition coefficient (Wildman–Crippen LogP) is 4.80. The largest absolute Gasteiger partial charge is 0.490 e. The van der Waals surface area contributed by atoms with Crippen LogP contribution in [0.1, 0.15) is 37.2 Å². The number of ether oxygens (including phenoxy) is 1. The van der Waals surface area contributed by atoms with E-state index in [0.29, 0.717) is 12.0 Å². The molecule has 1 aromatic rings. The molecule has 2 saturated heterocycles. The highest BCUT2D eigenvalue weighted by Crippen LogP contribution is 2.38. The second kappa shape index (κ2) is 6.21. The summed E-state index contributed by atoms with van der Waals surface area (Å²) in [5.74, 6) is 2.70. The molecule has 0 aromatic heterocycles. The van der Waals surface area contributed by atoms with Crippen molar-refractivity contribution in [1.29, 1.82) is 0 Å². The summed E-state index contributed by atoms with van der Waals surface area (Å²) in [7, 11) is 2.27. The van der Waals surface area contributed by atoms with E-state index in [-0.39, 0.29) is 0 Å². The molecule has 3 heterocycles. The molecule has 1 aromatic carbocycles. The molecule has 2 bridgehead atoms. The van der Waals surface area contributed by atoms with Crippen molar-refractivity contribution in [3.05, 3.63) is 39.7 Å². The predicted molar refractivity (Wildman–Crippen MR) is 96.7 cm³/mol. The molecule has 22 heavy (non-hydrogen) atoms. The molecule has 4 heteroatoms. The van der Waals surface area contributed by atoms with Crippen LogP contribution in [-0.2, 0) is 0 Å². The van der Waals surface area contributed by atoms with E-state index in [1.165, 1.54) is 35.7 Å². The number of benzene rings is 1. The van der Waals surface area contributed by atoms with Gasteiger partial charge in [-0.15, -0.1) is 11.8 Å². The fourth-order valence-electron chi connectivity index (χ4n) is 4.09. The third kappa shape index (κ3) is 2.85. The molecule has 2 nitrogen and oxygen atoms in total. The van der Waals surface area contributed by atoms with E-state index in [9.17, 15) is 0 Å². The summed E-state index contributed by atoms with van der Waals surface area (Å²) < 4.78 is 7.48. The van der Waals surface area contributed by atoms with Crippen LogP contribution >= 0.6 is 27.7 Å². The van der Waals surface area contributed by atoms with Crippen molar-refractivity contribution in [3.8, 4) is 5.75 Å². The zero-order chi connectivity index (χ0) is 15.1. The molecule has 2 unspecified atom stereocenters. The number of piperidine rings is 1. The highest BCUT2D eigenvalue weighted by atomic mass is 79.9. The zero-order valence-corrected chi connectivity index (χ0v) is 15.3. The molecule has 118 valence electrons. The maximum Gasteiger partial charge on any atom is 0.120 e. The normalized spacial score (nSPS) is 34.3. The average molecular weight is 380 g/mol. The van der Waals surface area contributed by atoms with Crippen molar-refractivity contribution in [1.82, 2.24) is 4.90 Å². The van der Waals surface area contributed by atoms with Crippen molar-refractivity contribution >= 4 is 27.7 Å². The second-order valence-corrected chi connectivity index (χ2v) is 8.51. The standard InChI is InChI=1S/C18H22BrNOS/c1-20-13-2-3-14(20)9-16(8-13)21-15-4-5-17(18(19)10-15)12-6-7-22-11-12/h4-7,10,12-14,16H,2-3,8-9,11H2,1H3/t12?,13-,14+,16?. The summed E-state index contributed by atoms with van der Waals surface area (Å²) >= 11 is 5.62. The van der Waals surface area contributed by atoms with Gasteiger partial charge in [0.05, 0.1) is 0 Å². The molecule has 4 atom stereocenters. The first-order valence-corrected chi connectivity index (χ1v) is 10.0. The molecule has 3 aliphatic rings. The molecule has 0 N–H and O–H groups in total. The second-order valence-electron chi connectivity index (χ2n) is 6.71. The molecular formula is C18H22BrNOS. The van der Waals surface area contributed by atoms with Gasteiger partial charge in [-0.2, -0.15) is 0 Å². The van der Waals surface area contributed by atoms with E-state index in [0.717, 1.165) is 23.6 Å². The third-order valence-electron chi connectivity index (χ3n) is 5.41. The van der Waals surface area contributed by atoms with E-state index < -0.39 is 0 Å². The number of allylic oxidation sites excluding steroid dienone is 1. The summed E-state index contributed by atoms with van der Waals surface area (Å²) in [4.78, 5) is 2.56. The van der Waals surface area contributed by atoms with Gasteiger partial charge in [0.15, 0.2) is 0 Å². The van der Waals surface area contributed by atoms with Crippen molar-refractivity contribution in [2.45, 2.75) is 49.8 Å². The number of halogens is 1. The Morgan fingerprint density at radius 2 is 2.00 bits per heavy atom. The fraction of sp³-hybridized carbons (Fsp3) is 0.556. The Bertz CT molecular complexity index is 576. The van der Waals surface area contributed by atoms with Crippen LogP contribution in [0.3, 0.4) is 0 Å². The molecule has 0 saturated carbocycles. The average Bonchev–Trinajstić information content (AvgIpc) is 3.07. The van der Waals surface area contributed by atoms with Crippen LogP contribution in [0.15, 0.2) is 34.2 Å². The number of fused-ring (bicyclic) bond motifs is 2. The van der Waals surface area contributed by atoms with E-state index in [1.54, 1.807) is 0 Å². The first-order valence-electron chi connectivity index (χ1n) is 8.17. The maximum absolute atomic E-state index is 6.30. The van der Waals surface area contributed by atoms with Crippen LogP contribution < -0.4 is 4.74 Å². The maximum atomic E-state index is 6.30. The minimum atomic E-state index is 0.383. The van der Waals surface area contributed by atoms with Crippen LogP contribution in [0.5, 0.6) is 5.75 Å². The minimum absolute atomic E-state index is 0.383. The van der Waals surface area contributed by atoms with Crippen molar-refractivity contribution in [3.63, 3.8) is 0 Å². The van der Waals surface area contributed by atoms with Gasteiger partial charge in [-0.1, -0.05) is 28.1 Å². The monoisotopic (exact) mass is 379 g/mol. The first-order chi connectivity index (χ1) is 10.7. The van der Waals surface area contributed by atoms with Crippen LogP contribution in [0, 0.1) is 0 Å². The minimum Gasteiger partial charge on any atom is -0.490 e. The Kier molecular flexibility index (Phi) is 4.27. The molecule has 4 rings (SSSR count). The van der Waals surface area contributed by atoms with Gasteiger partial charge >= 0.3 is 0 Å². The summed E-state index contributed by atoms with van der Waals surface area (Å²) in [6.45, 7) is 0. The lowest BCUT2D eigenvalue weighted by molar-refractivity contribution is 0.0661. The summed E-state index contributed by atoms with van der Waals surface area (Å²) in [5, 5.41) is 2.20. The molecule has 0 spiro atoms. The Hall–Kier alpha value is -0.450. The number of hydrogen-bond acceptors (Lipinski definition) is 3. The lowest BCUT2D eigenvalue weighted by atomic mass is 10.00. The molecule has 0 radical (unpaired) electrons. The number of hydrogen-bond donors (Lipinski definition) is 0. The van der Waals surface area contributed by atoms with Crippen LogP contribution in [0.4, 0.5) is 0 Å². The Labute approximate surface area is 145 Å². The number of rotatable bonds is 3. The Morgan fingerprint density at radius 3 is 2.64 bits per heavy atom. The van der Waals surface area contributed by atoms with Crippen molar-refractivity contribution < 1.29 is 4.74 Å². The molecular weight excluding hydrogens is 358 g/mol. The Balaban J connectivity index is 1.45. The molecule has 0 aliphatic carbocycles. The quantitative estimate of drug-likeness (QED) is 0.748. The molecule has 3 aliphatic heterocycles. The van der Waals surface area contributed by atoms with Gasteiger partial charge in [0, 0.05) is 28.2 Å². The third-order valence-corrected chi connectivity index (χ3v) is 7.00. The van der Waals surface area contributed by atoms with Gasteiger partial charge in [0.2, 0.25) is 0 Å². The summed E-state index contributed by atoms with van der Waals surface area (Å²) in [6.07, 6.45) is 7.71. The summed E-state index contributed by atoms with van der Waals surface area (Å²) in [6, 6.07) is 7.99. The highest BCUT2D eigenvalue weighted by Gasteiger charge is 2.39.